The van der Waals surface area contributed by atoms with Crippen LogP contribution in [0.25, 0.3) is 0 Å². The lowest BCUT2D eigenvalue weighted by atomic mass is 9.83. The number of halogens is 3. The molecular formula is C16H23F3N2. The summed E-state index contributed by atoms with van der Waals surface area (Å²) in [6.45, 7) is 8.76. The molecule has 2 nitrogen and oxygen atoms in total. The normalized spacial score (nSPS) is 17.9. The van der Waals surface area contributed by atoms with Crippen LogP contribution in [-0.2, 0) is 11.8 Å². The first-order valence-corrected chi connectivity index (χ1v) is 7.30. The summed E-state index contributed by atoms with van der Waals surface area (Å²) >= 11 is 0. The lowest BCUT2D eigenvalue weighted by Gasteiger charge is -2.39. The van der Waals surface area contributed by atoms with Gasteiger partial charge in [-0.25, -0.2) is 0 Å². The third-order valence-corrected chi connectivity index (χ3v) is 3.90. The fourth-order valence-electron chi connectivity index (χ4n) is 2.97. The zero-order valence-electron chi connectivity index (χ0n) is 13.1. The molecule has 0 amide bonds. The van der Waals surface area contributed by atoms with Crippen LogP contribution in [0.15, 0.2) is 12.3 Å². The van der Waals surface area contributed by atoms with E-state index in [9.17, 15) is 13.2 Å². The van der Waals surface area contributed by atoms with E-state index in [1.165, 1.54) is 16.0 Å². The molecule has 0 saturated carbocycles. The Morgan fingerprint density at radius 3 is 2.38 bits per heavy atom. The Kier molecular flexibility index (Phi) is 4.34. The molecule has 0 bridgehead atoms. The van der Waals surface area contributed by atoms with Gasteiger partial charge >= 0.3 is 6.18 Å². The summed E-state index contributed by atoms with van der Waals surface area (Å²) in [7, 11) is 0. The molecule has 0 atom stereocenters. The topological polar surface area (TPSA) is 16.1 Å². The van der Waals surface area contributed by atoms with E-state index in [0.717, 1.165) is 12.1 Å². The minimum Gasteiger partial charge on any atom is -0.294 e. The monoisotopic (exact) mass is 300 g/mol. The second-order valence-electron chi connectivity index (χ2n) is 7.12. The van der Waals surface area contributed by atoms with Gasteiger partial charge in [0.15, 0.2) is 0 Å². The SMILES string of the molecule is Cc1cnc(CC2CN(CC(F)(F)F)C2)cc1C(C)(C)C. The first-order chi connectivity index (χ1) is 9.54. The molecule has 1 aliphatic heterocycles. The maximum atomic E-state index is 12.3. The van der Waals surface area contributed by atoms with E-state index in [1.807, 2.05) is 13.1 Å². The molecule has 1 saturated heterocycles. The summed E-state index contributed by atoms with van der Waals surface area (Å²) in [5.41, 5.74) is 3.48. The fraction of sp³-hybridized carbons (Fsp3) is 0.688. The van der Waals surface area contributed by atoms with Crippen molar-refractivity contribution in [3.63, 3.8) is 0 Å². The molecule has 5 heteroatoms. The third-order valence-electron chi connectivity index (χ3n) is 3.90. The number of aromatic nitrogens is 1. The highest BCUT2D eigenvalue weighted by Gasteiger charge is 2.37. The van der Waals surface area contributed by atoms with Gasteiger partial charge in [-0.3, -0.25) is 9.88 Å². The number of alkyl halides is 3. The fourth-order valence-corrected chi connectivity index (χ4v) is 2.97. The van der Waals surface area contributed by atoms with Crippen molar-refractivity contribution in [2.45, 2.75) is 45.7 Å². The van der Waals surface area contributed by atoms with E-state index in [2.05, 4.69) is 31.8 Å². The molecule has 2 rings (SSSR count). The van der Waals surface area contributed by atoms with E-state index in [0.29, 0.717) is 13.1 Å². The van der Waals surface area contributed by atoms with Crippen molar-refractivity contribution in [3.8, 4) is 0 Å². The molecule has 0 N–H and O–H groups in total. The predicted molar refractivity (Wildman–Crippen MR) is 77.4 cm³/mol. The van der Waals surface area contributed by atoms with Gasteiger partial charge < -0.3 is 0 Å². The number of hydrogen-bond acceptors (Lipinski definition) is 2. The second-order valence-corrected chi connectivity index (χ2v) is 7.12. The Bertz CT molecular complexity index is 497. The molecule has 0 aliphatic carbocycles. The molecule has 118 valence electrons. The molecule has 1 aromatic rings. The van der Waals surface area contributed by atoms with Gasteiger partial charge in [-0.1, -0.05) is 20.8 Å². The number of nitrogens with zero attached hydrogens (tertiary/aromatic N) is 2. The van der Waals surface area contributed by atoms with Crippen molar-refractivity contribution in [2.75, 3.05) is 19.6 Å². The molecule has 0 radical (unpaired) electrons. The Hall–Kier alpha value is -1.10. The molecule has 0 unspecified atom stereocenters. The smallest absolute Gasteiger partial charge is 0.294 e. The van der Waals surface area contributed by atoms with Gasteiger partial charge in [0, 0.05) is 25.0 Å². The van der Waals surface area contributed by atoms with Crippen LogP contribution in [0.4, 0.5) is 13.2 Å². The molecule has 1 aliphatic rings. The summed E-state index contributed by atoms with van der Waals surface area (Å²) < 4.78 is 36.8. The number of likely N-dealkylation sites (tertiary alicyclic amines) is 1. The van der Waals surface area contributed by atoms with Crippen LogP contribution < -0.4 is 0 Å². The van der Waals surface area contributed by atoms with Crippen molar-refractivity contribution in [1.29, 1.82) is 0 Å². The van der Waals surface area contributed by atoms with Gasteiger partial charge in [0.2, 0.25) is 0 Å². The van der Waals surface area contributed by atoms with E-state index >= 15 is 0 Å². The Morgan fingerprint density at radius 1 is 1.24 bits per heavy atom. The first-order valence-electron chi connectivity index (χ1n) is 7.30. The van der Waals surface area contributed by atoms with Crippen LogP contribution in [0.3, 0.4) is 0 Å². The Labute approximate surface area is 124 Å². The zero-order chi connectivity index (χ0) is 15.8. The van der Waals surface area contributed by atoms with Crippen molar-refractivity contribution < 1.29 is 13.2 Å². The van der Waals surface area contributed by atoms with Crippen molar-refractivity contribution in [2.24, 2.45) is 5.92 Å². The van der Waals surface area contributed by atoms with Crippen LogP contribution in [0, 0.1) is 12.8 Å². The standard InChI is InChI=1S/C16H23F3N2/c1-11-7-20-13(6-14(11)15(2,3)4)5-12-8-21(9-12)10-16(17,18)19/h6-7,12H,5,8-10H2,1-4H3. The first kappa shape index (κ1) is 16.3. The summed E-state index contributed by atoms with van der Waals surface area (Å²) in [6, 6.07) is 2.11. The Morgan fingerprint density at radius 2 is 1.86 bits per heavy atom. The van der Waals surface area contributed by atoms with Gasteiger partial charge in [-0.15, -0.1) is 0 Å². The molecular weight excluding hydrogens is 277 g/mol. The van der Waals surface area contributed by atoms with Crippen molar-refractivity contribution >= 4 is 0 Å². The molecule has 0 aromatic carbocycles. The maximum absolute atomic E-state index is 12.3. The van der Waals surface area contributed by atoms with E-state index in [-0.39, 0.29) is 11.3 Å². The van der Waals surface area contributed by atoms with E-state index in [1.54, 1.807) is 0 Å². The van der Waals surface area contributed by atoms with Crippen LogP contribution >= 0.6 is 0 Å². The maximum Gasteiger partial charge on any atom is 0.401 e. The highest BCUT2D eigenvalue weighted by Crippen LogP contribution is 2.28. The van der Waals surface area contributed by atoms with Gasteiger partial charge in [-0.05, 0) is 41.9 Å². The third kappa shape index (κ3) is 4.43. The minimum atomic E-state index is -4.09. The molecule has 2 heterocycles. The van der Waals surface area contributed by atoms with Gasteiger partial charge in [0.1, 0.15) is 0 Å². The summed E-state index contributed by atoms with van der Waals surface area (Å²) in [5, 5.41) is 0. The molecule has 1 fully saturated rings. The quantitative estimate of drug-likeness (QED) is 0.845. The van der Waals surface area contributed by atoms with E-state index < -0.39 is 12.7 Å². The zero-order valence-corrected chi connectivity index (χ0v) is 13.1. The highest BCUT2D eigenvalue weighted by molar-refractivity contribution is 5.31. The van der Waals surface area contributed by atoms with Gasteiger partial charge in [0.25, 0.3) is 0 Å². The van der Waals surface area contributed by atoms with Crippen molar-refractivity contribution in [1.82, 2.24) is 9.88 Å². The van der Waals surface area contributed by atoms with Gasteiger partial charge in [0.05, 0.1) is 6.54 Å². The summed E-state index contributed by atoms with van der Waals surface area (Å²) in [6.07, 6.45) is -1.45. The molecule has 1 aromatic heterocycles. The summed E-state index contributed by atoms with van der Waals surface area (Å²) in [4.78, 5) is 5.88. The van der Waals surface area contributed by atoms with Crippen LogP contribution in [-0.4, -0.2) is 35.7 Å². The Balaban J connectivity index is 1.94. The summed E-state index contributed by atoms with van der Waals surface area (Å²) in [5.74, 6) is 0.287. The second kappa shape index (κ2) is 5.59. The lowest BCUT2D eigenvalue weighted by Crippen LogP contribution is -2.51. The van der Waals surface area contributed by atoms with Crippen molar-refractivity contribution in [3.05, 3.63) is 29.1 Å². The number of aryl methyl sites for hydroxylation is 1. The van der Waals surface area contributed by atoms with Crippen LogP contribution in [0.2, 0.25) is 0 Å². The largest absolute Gasteiger partial charge is 0.401 e. The van der Waals surface area contributed by atoms with Gasteiger partial charge in [-0.2, -0.15) is 13.2 Å². The predicted octanol–water partition coefficient (Wildman–Crippen LogP) is 3.72. The van der Waals surface area contributed by atoms with Crippen LogP contribution in [0.1, 0.15) is 37.6 Å². The highest BCUT2D eigenvalue weighted by atomic mass is 19.4. The average molecular weight is 300 g/mol. The number of rotatable bonds is 3. The lowest BCUT2D eigenvalue weighted by molar-refractivity contribution is -0.158. The number of pyridine rings is 1. The number of hydrogen-bond donors (Lipinski definition) is 0. The molecule has 0 spiro atoms. The minimum absolute atomic E-state index is 0.0592. The van der Waals surface area contributed by atoms with E-state index in [4.69, 9.17) is 0 Å². The van der Waals surface area contributed by atoms with Crippen LogP contribution in [0.5, 0.6) is 0 Å². The molecule has 21 heavy (non-hydrogen) atoms. The average Bonchev–Trinajstić information content (AvgIpc) is 2.25.